The minimum absolute atomic E-state index is 0.0971. The quantitative estimate of drug-likeness (QED) is 0.220. The molecular formula is C24H30N10O8P2S. The van der Waals surface area contributed by atoms with Gasteiger partial charge in [-0.15, -0.1) is 0 Å². The van der Waals surface area contributed by atoms with Crippen LogP contribution < -0.4 is 11.5 Å². The lowest BCUT2D eigenvalue weighted by molar-refractivity contribution is -0.0550. The Morgan fingerprint density at radius 1 is 0.933 bits per heavy atom. The van der Waals surface area contributed by atoms with Crippen molar-refractivity contribution in [2.24, 2.45) is 23.2 Å². The van der Waals surface area contributed by atoms with Crippen LogP contribution in [0.25, 0.3) is 22.3 Å². The Labute approximate surface area is 260 Å². The van der Waals surface area contributed by atoms with Crippen LogP contribution in [-0.4, -0.2) is 80.4 Å². The Kier molecular flexibility index (Phi) is 6.69. The van der Waals surface area contributed by atoms with E-state index in [1.807, 2.05) is 11.5 Å². The molecule has 4 aromatic heterocycles. The zero-order valence-corrected chi connectivity index (χ0v) is 26.5. The molecule has 240 valence electrons. The third kappa shape index (κ3) is 4.64. The van der Waals surface area contributed by atoms with E-state index in [0.29, 0.717) is 28.7 Å². The van der Waals surface area contributed by atoms with Crippen LogP contribution in [0.2, 0.25) is 0 Å². The lowest BCUT2D eigenvalue weighted by Crippen LogP contribution is -2.33. The van der Waals surface area contributed by atoms with E-state index in [1.54, 1.807) is 17.8 Å². The van der Waals surface area contributed by atoms with Crippen molar-refractivity contribution in [1.82, 2.24) is 39.0 Å². The van der Waals surface area contributed by atoms with Crippen molar-refractivity contribution in [1.29, 1.82) is 0 Å². The summed E-state index contributed by atoms with van der Waals surface area (Å²) in [5.41, 5.74) is 12.9. The van der Waals surface area contributed by atoms with E-state index >= 15 is 0 Å². The molecule has 6 N–H and O–H groups in total. The van der Waals surface area contributed by atoms with Gasteiger partial charge in [0.2, 0.25) is 0 Å². The maximum Gasteiger partial charge on any atom is 0.472 e. The predicted octanol–water partition coefficient (Wildman–Crippen LogP) is 1.70. The molecule has 0 aromatic carbocycles. The van der Waals surface area contributed by atoms with E-state index < -0.39 is 50.4 Å². The molecule has 1 spiro atoms. The van der Waals surface area contributed by atoms with Gasteiger partial charge < -0.3 is 39.6 Å². The number of rotatable bonds is 2. The second-order valence-corrected chi connectivity index (χ2v) is 16.3. The van der Waals surface area contributed by atoms with E-state index in [4.69, 9.17) is 46.1 Å². The third-order valence-corrected chi connectivity index (χ3v) is 12.2. The van der Waals surface area contributed by atoms with Crippen LogP contribution in [0.1, 0.15) is 32.5 Å². The number of phosphoric ester groups is 1. The second-order valence-electron chi connectivity index (χ2n) is 12.1. The largest absolute Gasteiger partial charge is 0.472 e. The normalized spacial score (nSPS) is 41.7. The van der Waals surface area contributed by atoms with Crippen LogP contribution in [0.3, 0.4) is 0 Å². The van der Waals surface area contributed by atoms with Crippen LogP contribution in [-0.2, 0) is 39.2 Å². The number of nitrogen functional groups attached to an aromatic ring is 2. The maximum atomic E-state index is 13.6. The lowest BCUT2D eigenvalue weighted by Gasteiger charge is -2.32. The first-order chi connectivity index (χ1) is 21.4. The number of anilines is 2. The van der Waals surface area contributed by atoms with Crippen LogP contribution in [0, 0.1) is 23.2 Å². The van der Waals surface area contributed by atoms with Crippen molar-refractivity contribution in [3.63, 3.8) is 0 Å². The molecule has 11 atom stereocenters. The monoisotopic (exact) mass is 680 g/mol. The third-order valence-electron chi connectivity index (χ3n) is 9.64. The summed E-state index contributed by atoms with van der Waals surface area (Å²) in [4.78, 5) is 47.8. The fourth-order valence-corrected chi connectivity index (χ4v) is 10.0. The molecule has 0 radical (unpaired) electrons. The molecule has 2 aliphatic carbocycles. The molecule has 6 heterocycles. The van der Waals surface area contributed by atoms with Gasteiger partial charge in [-0.25, -0.2) is 34.5 Å². The summed E-state index contributed by atoms with van der Waals surface area (Å²) in [5.74, 6) is -0.470. The first-order valence-corrected chi connectivity index (χ1v) is 18.3. The standard InChI is InChI=1S/C24H30N10O8P2S/c1-10-13-4-38-44(37,45)42-18-11(2)16(33-8-31-14-19(25)27-6-29-21(14)33)12-3-24(12,18)5-39-43(35,36)41-17(10)23(40-13)34-9-32-15-20(26)28-7-30-22(15)34/h6-13,16-18,23H,3-5H2,1-2H3,(H,35,36)(H,37,45)(H2,25,27,29)(H2,26,28,30)/t10-,11+,12-,13-,16+,17-,18+,23-,24-,44?/m1/s1. The Morgan fingerprint density at radius 2 is 1.58 bits per heavy atom. The SMILES string of the molecule is C[C@H]1[C@H]2OP(=O)(O)OC[C@]34C[C@@H]3[C@@H](n3cnc5c(N)ncnc53)[C@H](C)[C@@H]4OP(O)(=S)OC[C@H]1O[C@H]2n1cnc2c(N)ncnc21. The zero-order valence-electron chi connectivity index (χ0n) is 23.9. The molecule has 4 aliphatic rings. The van der Waals surface area contributed by atoms with Gasteiger partial charge in [0.05, 0.1) is 38.1 Å². The number of aromatic nitrogens is 8. The average molecular weight is 681 g/mol. The summed E-state index contributed by atoms with van der Waals surface area (Å²) in [6, 6.07) is -0.229. The number of fused-ring (bicyclic) bond motifs is 4. The first kappa shape index (κ1) is 29.7. The smallest absolute Gasteiger partial charge is 0.382 e. The molecule has 18 nitrogen and oxygen atoms in total. The number of hydrogen-bond donors (Lipinski definition) is 4. The molecule has 4 fully saturated rings. The summed E-state index contributed by atoms with van der Waals surface area (Å²) in [6.45, 7) is -0.510. The topological polar surface area (TPSA) is 243 Å². The van der Waals surface area contributed by atoms with Crippen molar-refractivity contribution in [3.8, 4) is 0 Å². The van der Waals surface area contributed by atoms with E-state index in [2.05, 4.69) is 29.9 Å². The molecule has 21 heteroatoms. The van der Waals surface area contributed by atoms with Crippen LogP contribution in [0.5, 0.6) is 0 Å². The van der Waals surface area contributed by atoms with Gasteiger partial charge in [0.25, 0.3) is 0 Å². The molecule has 4 aromatic rings. The van der Waals surface area contributed by atoms with Crippen molar-refractivity contribution in [2.45, 2.75) is 50.8 Å². The van der Waals surface area contributed by atoms with E-state index in [1.165, 1.54) is 19.0 Å². The Morgan fingerprint density at radius 3 is 2.27 bits per heavy atom. The Hall–Kier alpha value is -2.70. The fraction of sp³-hybridized carbons (Fsp3) is 0.583. The van der Waals surface area contributed by atoms with Crippen molar-refractivity contribution >= 4 is 60.3 Å². The zero-order chi connectivity index (χ0) is 31.5. The van der Waals surface area contributed by atoms with Gasteiger partial charge in [-0.05, 0) is 24.1 Å². The summed E-state index contributed by atoms with van der Waals surface area (Å²) in [5, 5.41) is 0. The summed E-state index contributed by atoms with van der Waals surface area (Å²) >= 11 is 5.51. The average Bonchev–Trinajstić information content (AvgIpc) is 3.28. The minimum atomic E-state index is -4.69. The van der Waals surface area contributed by atoms with Gasteiger partial charge in [-0.2, -0.15) is 0 Å². The molecular weight excluding hydrogens is 650 g/mol. The summed E-state index contributed by atoms with van der Waals surface area (Å²) in [7, 11) is -4.69. The van der Waals surface area contributed by atoms with Crippen LogP contribution in [0.15, 0.2) is 25.3 Å². The molecule has 2 unspecified atom stereocenters. The van der Waals surface area contributed by atoms with E-state index in [0.717, 1.165) is 0 Å². The van der Waals surface area contributed by atoms with Crippen LogP contribution in [0.4, 0.5) is 11.6 Å². The number of nitrogens with zero attached hydrogens (tertiary/aromatic N) is 8. The molecule has 2 saturated heterocycles. The molecule has 45 heavy (non-hydrogen) atoms. The van der Waals surface area contributed by atoms with Gasteiger partial charge >= 0.3 is 14.5 Å². The maximum absolute atomic E-state index is 13.6. The van der Waals surface area contributed by atoms with E-state index in [-0.39, 0.29) is 42.7 Å². The molecule has 2 saturated carbocycles. The number of hydrogen-bond acceptors (Lipinski definition) is 15. The van der Waals surface area contributed by atoms with Crippen LogP contribution >= 0.6 is 14.5 Å². The number of ether oxygens (including phenoxy) is 1. The van der Waals surface area contributed by atoms with Crippen molar-refractivity contribution in [3.05, 3.63) is 25.3 Å². The highest BCUT2D eigenvalue weighted by molar-refractivity contribution is 8.07. The van der Waals surface area contributed by atoms with Gasteiger partial charge in [-0.1, -0.05) is 13.8 Å². The second kappa shape index (κ2) is 10.1. The van der Waals surface area contributed by atoms with E-state index in [9.17, 15) is 14.4 Å². The molecule has 2 bridgehead atoms. The minimum Gasteiger partial charge on any atom is -0.382 e. The first-order valence-electron chi connectivity index (χ1n) is 14.2. The summed E-state index contributed by atoms with van der Waals surface area (Å²) in [6.07, 6.45) is 2.88. The number of imidazole rings is 2. The van der Waals surface area contributed by atoms with Gasteiger partial charge in [0, 0.05) is 23.3 Å². The van der Waals surface area contributed by atoms with Gasteiger partial charge in [-0.3, -0.25) is 13.6 Å². The highest BCUT2D eigenvalue weighted by Crippen LogP contribution is 2.73. The van der Waals surface area contributed by atoms with Gasteiger partial charge in [0.15, 0.2) is 29.2 Å². The Bertz CT molecular complexity index is 1930. The van der Waals surface area contributed by atoms with Crippen molar-refractivity contribution in [2.75, 3.05) is 24.7 Å². The number of phosphoric acid groups is 1. The molecule has 8 rings (SSSR count). The molecule has 0 amide bonds. The number of nitrogens with two attached hydrogens (primary N) is 2. The van der Waals surface area contributed by atoms with Crippen molar-refractivity contribution < 1.29 is 37.2 Å². The highest BCUT2D eigenvalue weighted by Gasteiger charge is 2.72. The van der Waals surface area contributed by atoms with Gasteiger partial charge in [0.1, 0.15) is 29.8 Å². The fourth-order valence-electron chi connectivity index (χ4n) is 7.39. The lowest BCUT2D eigenvalue weighted by atomic mass is 9.94. The predicted molar refractivity (Wildman–Crippen MR) is 159 cm³/mol. The highest BCUT2D eigenvalue weighted by atomic mass is 32.5. The Balaban J connectivity index is 1.14. The molecule has 2 aliphatic heterocycles. The summed E-state index contributed by atoms with van der Waals surface area (Å²) < 4.78 is 47.0.